The Morgan fingerprint density at radius 2 is 0.585 bits per heavy atom. The lowest BCUT2D eigenvalue weighted by Crippen LogP contribution is -2.66. The SMILES string of the molecule is CC/C=C\C/C=C\C/C=C\C/C=C\CCCCCCCCCCCCCCCCCCCCCCCCCCCCCCC(=O)NC(COC1OC(CO)C(OC2OC(CO)C(OC3OC(CO)C(O)C(O)C3O)C(O)C2O)C(O)C1O)C(O)CCCCCCCCCCCCCCCCCCCCCCCCCCCCCCCCCC. The second kappa shape index (κ2) is 78.2. The lowest BCUT2D eigenvalue weighted by atomic mass is 9.96. The second-order valence-corrected chi connectivity index (χ2v) is 35.6. The van der Waals surface area contributed by atoms with E-state index >= 15 is 0 Å². The van der Waals surface area contributed by atoms with Crippen molar-refractivity contribution in [3.8, 4) is 0 Å². The number of nitrogens with one attached hydrogen (secondary N) is 1. The molecule has 0 bridgehead atoms. The van der Waals surface area contributed by atoms with Crippen LogP contribution < -0.4 is 5.32 Å². The number of aliphatic hydroxyl groups excluding tert-OH is 11. The summed E-state index contributed by atoms with van der Waals surface area (Å²) in [4.78, 5) is 13.6. The van der Waals surface area contributed by atoms with Gasteiger partial charge in [0, 0.05) is 6.42 Å². The van der Waals surface area contributed by atoms with E-state index in [4.69, 9.17) is 28.4 Å². The highest BCUT2D eigenvalue weighted by atomic mass is 16.8. The maximum Gasteiger partial charge on any atom is 0.220 e. The van der Waals surface area contributed by atoms with E-state index in [1.807, 2.05) is 0 Å². The van der Waals surface area contributed by atoms with Gasteiger partial charge in [0.1, 0.15) is 73.2 Å². The molecule has 0 radical (unpaired) electrons. The first-order chi connectivity index (χ1) is 57.8. The third-order valence-electron chi connectivity index (χ3n) is 24.9. The predicted octanol–water partition coefficient (Wildman–Crippen LogP) is 20.7. The average molecular weight is 1680 g/mol. The van der Waals surface area contributed by atoms with Gasteiger partial charge in [-0.3, -0.25) is 4.79 Å². The average Bonchev–Trinajstić information content (AvgIpc) is 0.777. The van der Waals surface area contributed by atoms with Crippen LogP contribution in [0.1, 0.15) is 444 Å². The minimum atomic E-state index is -1.97. The van der Waals surface area contributed by atoms with E-state index in [1.54, 1.807) is 0 Å². The van der Waals surface area contributed by atoms with Gasteiger partial charge in [-0.1, -0.05) is 435 Å². The number of aliphatic hydroxyl groups is 11. The van der Waals surface area contributed by atoms with E-state index in [1.165, 1.54) is 340 Å². The fourth-order valence-corrected chi connectivity index (χ4v) is 17.1. The quantitative estimate of drug-likeness (QED) is 0.0199. The van der Waals surface area contributed by atoms with Gasteiger partial charge in [-0.25, -0.2) is 0 Å². The fourth-order valence-electron chi connectivity index (χ4n) is 17.1. The zero-order valence-electron chi connectivity index (χ0n) is 75.4. The first kappa shape index (κ1) is 110. The van der Waals surface area contributed by atoms with Crippen LogP contribution in [0.25, 0.3) is 0 Å². The van der Waals surface area contributed by atoms with Gasteiger partial charge in [0.05, 0.1) is 38.6 Å². The van der Waals surface area contributed by atoms with Gasteiger partial charge in [-0.15, -0.1) is 0 Å². The number of carbonyl (C=O) groups is 1. The largest absolute Gasteiger partial charge is 0.394 e. The van der Waals surface area contributed by atoms with Crippen molar-refractivity contribution in [1.82, 2.24) is 5.32 Å². The third-order valence-corrected chi connectivity index (χ3v) is 24.9. The van der Waals surface area contributed by atoms with Crippen LogP contribution in [0.5, 0.6) is 0 Å². The monoisotopic (exact) mass is 1680 g/mol. The summed E-state index contributed by atoms with van der Waals surface area (Å²) < 4.78 is 34.7. The van der Waals surface area contributed by atoms with Crippen molar-refractivity contribution < 1.29 is 89.4 Å². The zero-order chi connectivity index (χ0) is 85.2. The molecular weight excluding hydrogens is 1490 g/mol. The van der Waals surface area contributed by atoms with Crippen molar-refractivity contribution in [2.75, 3.05) is 26.4 Å². The maximum atomic E-state index is 13.6. The van der Waals surface area contributed by atoms with E-state index in [2.05, 4.69) is 67.8 Å². The smallest absolute Gasteiger partial charge is 0.220 e. The zero-order valence-corrected chi connectivity index (χ0v) is 75.4. The molecule has 19 nitrogen and oxygen atoms in total. The normalized spacial score (nSPS) is 24.4. The van der Waals surface area contributed by atoms with Crippen molar-refractivity contribution in [2.24, 2.45) is 0 Å². The van der Waals surface area contributed by atoms with Gasteiger partial charge in [0.25, 0.3) is 0 Å². The summed E-state index contributed by atoms with van der Waals surface area (Å²) in [6.45, 7) is 1.77. The molecule has 0 saturated carbocycles. The lowest BCUT2D eigenvalue weighted by molar-refractivity contribution is -0.379. The van der Waals surface area contributed by atoms with Crippen LogP contribution in [0.15, 0.2) is 48.6 Å². The Balaban J connectivity index is 1.27. The molecule has 0 aliphatic carbocycles. The van der Waals surface area contributed by atoms with E-state index in [0.717, 1.165) is 70.6 Å². The highest BCUT2D eigenvalue weighted by Crippen LogP contribution is 2.34. The summed E-state index contributed by atoms with van der Waals surface area (Å²) in [5.74, 6) is -0.232. The Morgan fingerprint density at radius 3 is 0.915 bits per heavy atom. The molecule has 3 rings (SSSR count). The summed E-state index contributed by atoms with van der Waals surface area (Å²) in [5.41, 5.74) is 0. The molecule has 118 heavy (non-hydrogen) atoms. The molecule has 0 aromatic rings. The summed E-state index contributed by atoms with van der Waals surface area (Å²) in [5, 5.41) is 122. The first-order valence-corrected chi connectivity index (χ1v) is 49.9. The van der Waals surface area contributed by atoms with Gasteiger partial charge in [-0.05, 0) is 51.4 Å². The number of ether oxygens (including phenoxy) is 6. The molecule has 3 fully saturated rings. The minimum Gasteiger partial charge on any atom is -0.394 e. The second-order valence-electron chi connectivity index (χ2n) is 35.6. The van der Waals surface area contributed by atoms with Crippen LogP contribution in [-0.4, -0.2) is 193 Å². The number of hydrogen-bond donors (Lipinski definition) is 12. The molecule has 3 aliphatic rings. The predicted molar refractivity (Wildman–Crippen MR) is 480 cm³/mol. The van der Waals surface area contributed by atoms with Crippen LogP contribution in [-0.2, 0) is 33.2 Å². The maximum absolute atomic E-state index is 13.6. The highest BCUT2D eigenvalue weighted by molar-refractivity contribution is 5.76. The van der Waals surface area contributed by atoms with E-state index in [-0.39, 0.29) is 18.9 Å². The molecule has 694 valence electrons. The molecule has 0 spiro atoms. The van der Waals surface area contributed by atoms with Crippen LogP contribution >= 0.6 is 0 Å². The molecule has 19 heteroatoms. The summed E-state index contributed by atoms with van der Waals surface area (Å²) >= 11 is 0. The Morgan fingerprint density at radius 1 is 0.314 bits per heavy atom. The van der Waals surface area contributed by atoms with Gasteiger partial charge in [0.15, 0.2) is 18.9 Å². The van der Waals surface area contributed by atoms with E-state index in [0.29, 0.717) is 12.8 Å². The van der Waals surface area contributed by atoms with Crippen LogP contribution in [0.3, 0.4) is 0 Å². The number of allylic oxidation sites excluding steroid dienone is 8. The van der Waals surface area contributed by atoms with Gasteiger partial charge >= 0.3 is 0 Å². The molecule has 12 N–H and O–H groups in total. The van der Waals surface area contributed by atoms with Crippen LogP contribution in [0.2, 0.25) is 0 Å². The molecule has 17 atom stereocenters. The minimum absolute atomic E-state index is 0.232. The highest BCUT2D eigenvalue weighted by Gasteiger charge is 2.54. The Kier molecular flexibility index (Phi) is 72.9. The molecule has 0 aromatic carbocycles. The summed E-state index contributed by atoms with van der Waals surface area (Å²) in [7, 11) is 0. The molecule has 17 unspecified atom stereocenters. The third kappa shape index (κ3) is 55.3. The molecule has 3 heterocycles. The molecule has 3 saturated heterocycles. The molecule has 0 aromatic heterocycles. The van der Waals surface area contributed by atoms with Gasteiger partial charge in [0.2, 0.25) is 5.91 Å². The summed E-state index contributed by atoms with van der Waals surface area (Å²) in [6.07, 6.45) is 76.9. The molecule has 3 aliphatic heterocycles. The Bertz CT molecular complexity index is 2310. The van der Waals surface area contributed by atoms with Crippen molar-refractivity contribution in [2.45, 2.75) is 548 Å². The van der Waals surface area contributed by atoms with Crippen LogP contribution in [0, 0.1) is 0 Å². The first-order valence-electron chi connectivity index (χ1n) is 49.9. The van der Waals surface area contributed by atoms with Crippen molar-refractivity contribution in [3.05, 3.63) is 48.6 Å². The van der Waals surface area contributed by atoms with Crippen molar-refractivity contribution in [1.29, 1.82) is 0 Å². The Labute approximate surface area is 720 Å². The topological polar surface area (TPSA) is 307 Å². The van der Waals surface area contributed by atoms with Crippen molar-refractivity contribution in [3.63, 3.8) is 0 Å². The number of unbranched alkanes of at least 4 members (excludes halogenated alkanes) is 59. The van der Waals surface area contributed by atoms with E-state index < -0.39 is 124 Å². The van der Waals surface area contributed by atoms with Gasteiger partial charge in [-0.2, -0.15) is 0 Å². The summed E-state index contributed by atoms with van der Waals surface area (Å²) in [6, 6.07) is -0.888. The number of amides is 1. The molecular formula is C99H185NO18. The Hall–Kier alpha value is -2.25. The van der Waals surface area contributed by atoms with Crippen LogP contribution in [0.4, 0.5) is 0 Å². The van der Waals surface area contributed by atoms with Crippen molar-refractivity contribution >= 4 is 5.91 Å². The number of rotatable bonds is 83. The number of hydrogen-bond acceptors (Lipinski definition) is 18. The lowest BCUT2D eigenvalue weighted by Gasteiger charge is -2.48. The molecule has 1 amide bonds. The fraction of sp³-hybridized carbons (Fsp3) is 0.909. The standard InChI is InChI=1S/C99H185NO18/c1-3-5-7-9-11-13-15-17-19-21-23-25-27-29-31-33-35-37-38-39-40-41-42-43-44-45-47-49-51-53-55-57-59-61-63-65-67-69-71-73-75-77-87(105)100-82(83(104)76-74-72-70-68-66-64-62-60-58-56-54-52-50-48-46-36-34-32-30-28-26-24-22-20-18-16-14-12-10-8-6-4-2)81-113-97-93(111)90(108)95(85(79-102)115-97)118-99-94(112)91(109)96(86(80-103)116-99)117-98-92(110)89(107)88(106)84(78-101)114-98/h5,7,11,13,17,19,23,25,82-86,88-99,101-104,106-112H,3-4,6,8-10,12,14-16,18,20-22,24,26-81H2,1-2H3,(H,100,105)/b7-5-,13-11-,19-17-,25-23-. The number of carbonyl (C=O) groups excluding carboxylic acids is 1. The van der Waals surface area contributed by atoms with E-state index in [9.17, 15) is 61.0 Å². The van der Waals surface area contributed by atoms with Gasteiger partial charge < -0.3 is 89.9 Å².